The summed E-state index contributed by atoms with van der Waals surface area (Å²) >= 11 is 0. The molecule has 31 heavy (non-hydrogen) atoms. The van der Waals surface area contributed by atoms with Gasteiger partial charge in [-0.1, -0.05) is 0 Å². The maximum Gasteiger partial charge on any atom is 0.268 e. The van der Waals surface area contributed by atoms with Crippen LogP contribution in [0.25, 0.3) is 5.69 Å². The molecule has 5 rings (SSSR count). The highest BCUT2D eigenvalue weighted by Crippen LogP contribution is 2.33. The van der Waals surface area contributed by atoms with Crippen LogP contribution in [0.5, 0.6) is 11.5 Å². The van der Waals surface area contributed by atoms with E-state index in [-0.39, 0.29) is 29.9 Å². The molecule has 1 amide bonds. The van der Waals surface area contributed by atoms with E-state index in [4.69, 9.17) is 9.47 Å². The number of carbonyl (C=O) groups is 1. The molecule has 1 aromatic carbocycles. The monoisotopic (exact) mass is 420 g/mol. The van der Waals surface area contributed by atoms with Gasteiger partial charge in [0.15, 0.2) is 11.5 Å². The fourth-order valence-corrected chi connectivity index (χ4v) is 4.38. The minimum absolute atomic E-state index is 0.0531. The lowest BCUT2D eigenvalue weighted by Crippen LogP contribution is -2.41. The summed E-state index contributed by atoms with van der Waals surface area (Å²) in [4.78, 5) is 26.2. The number of nitrogens with one attached hydrogen (secondary N) is 1. The first-order valence-corrected chi connectivity index (χ1v) is 10.5. The van der Waals surface area contributed by atoms with Crippen LogP contribution in [-0.4, -0.2) is 33.1 Å². The van der Waals surface area contributed by atoms with Crippen molar-refractivity contribution in [1.82, 2.24) is 19.7 Å². The number of benzene rings is 1. The van der Waals surface area contributed by atoms with E-state index in [1.165, 1.54) is 4.57 Å². The van der Waals surface area contributed by atoms with Gasteiger partial charge in [0, 0.05) is 30.7 Å². The molecule has 0 saturated heterocycles. The molecule has 2 aromatic heterocycles. The van der Waals surface area contributed by atoms with Gasteiger partial charge in [-0.3, -0.25) is 18.8 Å². The Hall–Kier alpha value is -3.55. The van der Waals surface area contributed by atoms with E-state index in [9.17, 15) is 9.59 Å². The van der Waals surface area contributed by atoms with Crippen LogP contribution in [0.15, 0.2) is 53.7 Å². The lowest BCUT2D eigenvalue weighted by molar-refractivity contribution is 0.0919. The zero-order chi connectivity index (χ0) is 21.4. The smallest absolute Gasteiger partial charge is 0.268 e. The molecule has 0 unspecified atom stereocenters. The summed E-state index contributed by atoms with van der Waals surface area (Å²) in [6.45, 7) is 1.95. The fourth-order valence-electron chi connectivity index (χ4n) is 4.38. The summed E-state index contributed by atoms with van der Waals surface area (Å²) in [7, 11) is 0. The summed E-state index contributed by atoms with van der Waals surface area (Å²) in [6.07, 6.45) is 9.06. The van der Waals surface area contributed by atoms with Crippen LogP contribution in [0.1, 0.15) is 47.6 Å². The standard InChI is InChI=1S/C23H24N4O4/c1-15-9-12-26(18-7-8-19-20(13-18)31-14-30-19)23(29)21(15)22(28)25-16-3-5-17(6-4-16)27-11-2-10-24-27/h2,7-13,16-17H,3-6,14H2,1H3,(H,25,28). The zero-order valence-electron chi connectivity index (χ0n) is 17.3. The SMILES string of the molecule is Cc1ccn(-c2ccc3c(c2)OCO3)c(=O)c1C(=O)NC1CCC(n2cccn2)CC1. The predicted octanol–water partition coefficient (Wildman–Crippen LogP) is 2.98. The molecule has 8 nitrogen and oxygen atoms in total. The predicted molar refractivity (Wildman–Crippen MR) is 114 cm³/mol. The van der Waals surface area contributed by atoms with Crippen LogP contribution in [0.2, 0.25) is 0 Å². The van der Waals surface area contributed by atoms with Gasteiger partial charge < -0.3 is 14.8 Å². The lowest BCUT2D eigenvalue weighted by Gasteiger charge is -2.29. The average molecular weight is 420 g/mol. The third kappa shape index (κ3) is 3.69. The lowest BCUT2D eigenvalue weighted by atomic mass is 9.91. The van der Waals surface area contributed by atoms with Gasteiger partial charge in [0.2, 0.25) is 6.79 Å². The number of amides is 1. The number of ether oxygens (including phenoxy) is 2. The first-order chi connectivity index (χ1) is 15.1. The Morgan fingerprint density at radius 2 is 1.90 bits per heavy atom. The van der Waals surface area contributed by atoms with E-state index in [0.29, 0.717) is 28.8 Å². The Balaban J connectivity index is 1.34. The maximum atomic E-state index is 13.2. The number of nitrogens with zero attached hydrogens (tertiary/aromatic N) is 3. The molecule has 0 radical (unpaired) electrons. The molecule has 3 aromatic rings. The van der Waals surface area contributed by atoms with Gasteiger partial charge >= 0.3 is 0 Å². The Bertz CT molecular complexity index is 1160. The van der Waals surface area contributed by atoms with Gasteiger partial charge in [-0.2, -0.15) is 5.10 Å². The molecular weight excluding hydrogens is 396 g/mol. The van der Waals surface area contributed by atoms with Crippen LogP contribution in [0, 0.1) is 6.92 Å². The molecule has 2 aliphatic rings. The largest absolute Gasteiger partial charge is 0.454 e. The first kappa shape index (κ1) is 19.4. The van der Waals surface area contributed by atoms with Gasteiger partial charge in [-0.15, -0.1) is 0 Å². The second-order valence-corrected chi connectivity index (χ2v) is 8.05. The van der Waals surface area contributed by atoms with Gasteiger partial charge in [0.25, 0.3) is 11.5 Å². The summed E-state index contributed by atoms with van der Waals surface area (Å²) in [5.74, 6) is 0.914. The van der Waals surface area contributed by atoms with Crippen molar-refractivity contribution in [2.45, 2.75) is 44.7 Å². The van der Waals surface area contributed by atoms with Crippen molar-refractivity contribution >= 4 is 5.91 Å². The number of fused-ring (bicyclic) bond motifs is 1. The molecule has 160 valence electrons. The molecule has 1 N–H and O–H groups in total. The molecule has 1 aliphatic carbocycles. The molecule has 3 heterocycles. The number of hydrogen-bond donors (Lipinski definition) is 1. The molecular formula is C23H24N4O4. The summed E-state index contributed by atoms with van der Waals surface area (Å²) in [6, 6.07) is 9.43. The Morgan fingerprint density at radius 1 is 1.10 bits per heavy atom. The van der Waals surface area contributed by atoms with E-state index >= 15 is 0 Å². The highest BCUT2D eigenvalue weighted by atomic mass is 16.7. The number of rotatable bonds is 4. The maximum absolute atomic E-state index is 13.2. The van der Waals surface area contributed by atoms with Crippen molar-refractivity contribution in [3.8, 4) is 17.2 Å². The summed E-state index contributed by atoms with van der Waals surface area (Å²) < 4.78 is 14.2. The second kappa shape index (κ2) is 7.94. The van der Waals surface area contributed by atoms with E-state index in [2.05, 4.69) is 10.4 Å². The molecule has 8 heteroatoms. The van der Waals surface area contributed by atoms with E-state index in [1.807, 2.05) is 16.9 Å². The summed E-state index contributed by atoms with van der Waals surface area (Å²) in [5.41, 5.74) is 1.11. The number of carbonyl (C=O) groups excluding carboxylic acids is 1. The molecule has 1 saturated carbocycles. The molecule has 0 atom stereocenters. The Kier molecular flexibility index (Phi) is 4.97. The molecule has 1 aliphatic heterocycles. The molecule has 1 fully saturated rings. The number of aromatic nitrogens is 3. The van der Waals surface area contributed by atoms with Crippen molar-refractivity contribution in [1.29, 1.82) is 0 Å². The average Bonchev–Trinajstić information content (AvgIpc) is 3.46. The topological polar surface area (TPSA) is 87.4 Å². The van der Waals surface area contributed by atoms with Crippen LogP contribution < -0.4 is 20.3 Å². The second-order valence-electron chi connectivity index (χ2n) is 8.05. The number of pyridine rings is 1. The minimum atomic E-state index is -0.346. The Morgan fingerprint density at radius 3 is 2.68 bits per heavy atom. The first-order valence-electron chi connectivity index (χ1n) is 10.5. The Labute approximate surface area is 179 Å². The quantitative estimate of drug-likeness (QED) is 0.701. The van der Waals surface area contributed by atoms with Crippen molar-refractivity contribution in [3.05, 3.63) is 70.4 Å². The van der Waals surface area contributed by atoms with Gasteiger partial charge in [0.05, 0.1) is 11.7 Å². The van der Waals surface area contributed by atoms with E-state index in [1.54, 1.807) is 43.6 Å². The summed E-state index contributed by atoms with van der Waals surface area (Å²) in [5, 5.41) is 7.40. The van der Waals surface area contributed by atoms with Crippen LogP contribution in [0.3, 0.4) is 0 Å². The molecule has 0 spiro atoms. The third-order valence-corrected chi connectivity index (χ3v) is 6.09. The van der Waals surface area contributed by atoms with Gasteiger partial charge in [-0.25, -0.2) is 0 Å². The van der Waals surface area contributed by atoms with Crippen molar-refractivity contribution in [2.24, 2.45) is 0 Å². The van der Waals surface area contributed by atoms with Crippen LogP contribution in [-0.2, 0) is 0 Å². The van der Waals surface area contributed by atoms with Gasteiger partial charge in [-0.05, 0) is 62.4 Å². The molecule has 0 bridgehead atoms. The van der Waals surface area contributed by atoms with E-state index in [0.717, 1.165) is 25.7 Å². The van der Waals surface area contributed by atoms with Crippen molar-refractivity contribution in [3.63, 3.8) is 0 Å². The minimum Gasteiger partial charge on any atom is -0.454 e. The highest BCUT2D eigenvalue weighted by Gasteiger charge is 2.26. The van der Waals surface area contributed by atoms with Crippen molar-refractivity contribution in [2.75, 3.05) is 6.79 Å². The van der Waals surface area contributed by atoms with E-state index < -0.39 is 0 Å². The van der Waals surface area contributed by atoms with Gasteiger partial charge in [0.1, 0.15) is 5.56 Å². The van der Waals surface area contributed by atoms with Crippen LogP contribution >= 0.6 is 0 Å². The number of aryl methyl sites for hydroxylation is 1. The van der Waals surface area contributed by atoms with Crippen molar-refractivity contribution < 1.29 is 14.3 Å². The van der Waals surface area contributed by atoms with Crippen LogP contribution in [0.4, 0.5) is 0 Å². The normalized spacial score (nSPS) is 19.9. The highest BCUT2D eigenvalue weighted by molar-refractivity contribution is 5.95. The number of hydrogen-bond acceptors (Lipinski definition) is 5. The zero-order valence-corrected chi connectivity index (χ0v) is 17.3. The third-order valence-electron chi connectivity index (χ3n) is 6.09. The fraction of sp³-hybridized carbons (Fsp3) is 0.348.